The van der Waals surface area contributed by atoms with E-state index in [1.165, 1.54) is 9.03 Å². The van der Waals surface area contributed by atoms with Crippen molar-refractivity contribution in [2.45, 2.75) is 88.5 Å². The number of carbonyl (C=O) groups is 2. The van der Waals surface area contributed by atoms with E-state index < -0.39 is 12.1 Å². The van der Waals surface area contributed by atoms with Gasteiger partial charge in [0.25, 0.3) is 0 Å². The van der Waals surface area contributed by atoms with Gasteiger partial charge in [-0.1, -0.05) is 60.7 Å². The first-order valence-electron chi connectivity index (χ1n) is 23.5. The van der Waals surface area contributed by atoms with Crippen LogP contribution in [0.3, 0.4) is 0 Å². The summed E-state index contributed by atoms with van der Waals surface area (Å²) in [6, 6.07) is 24.9. The van der Waals surface area contributed by atoms with Gasteiger partial charge in [-0.05, 0) is 98.6 Å². The van der Waals surface area contributed by atoms with Gasteiger partial charge < -0.3 is 30.5 Å². The van der Waals surface area contributed by atoms with Gasteiger partial charge in [0.15, 0.2) is 45.7 Å². The molecule has 70 heavy (non-hydrogen) atoms. The minimum Gasteiger partial charge on any atom is -0.461 e. The molecule has 20 heteroatoms. The van der Waals surface area contributed by atoms with Crippen LogP contribution in [0.25, 0.3) is 56.5 Å². The number of carbonyl (C=O) groups excluding carboxylic acids is 2. The van der Waals surface area contributed by atoms with Crippen molar-refractivity contribution in [1.82, 2.24) is 58.7 Å². The third kappa shape index (κ3) is 8.55. The fraction of sp³-hybridized carbons (Fsp3) is 0.320. The molecule has 20 nitrogen and oxygen atoms in total. The van der Waals surface area contributed by atoms with Crippen LogP contribution in [0.1, 0.15) is 87.4 Å². The van der Waals surface area contributed by atoms with Crippen molar-refractivity contribution in [2.75, 3.05) is 11.5 Å². The Morgan fingerprint density at radius 2 is 0.943 bits per heavy atom. The lowest BCUT2D eigenvalue weighted by Crippen LogP contribution is -2.27. The summed E-state index contributed by atoms with van der Waals surface area (Å²) in [5, 5.41) is 39.0. The van der Waals surface area contributed by atoms with Crippen molar-refractivity contribution in [1.29, 1.82) is 0 Å². The van der Waals surface area contributed by atoms with Crippen molar-refractivity contribution in [3.05, 3.63) is 121 Å². The Balaban J connectivity index is 0.000000152. The maximum absolute atomic E-state index is 13.7. The molecular formula is C50H50N14O6. The number of aliphatic hydroxyl groups excluding tert-OH is 2. The average molecular weight is 943 g/mol. The molecule has 12 rings (SSSR count). The molecule has 8 heterocycles. The van der Waals surface area contributed by atoms with Gasteiger partial charge in [-0.25, -0.2) is 19.3 Å². The lowest BCUT2D eigenvalue weighted by Gasteiger charge is -2.26. The molecule has 0 amide bonds. The number of ketones is 2. The van der Waals surface area contributed by atoms with Crippen LogP contribution in [0.15, 0.2) is 119 Å². The van der Waals surface area contributed by atoms with Crippen LogP contribution in [-0.4, -0.2) is 92.7 Å². The first-order valence-corrected chi connectivity index (χ1v) is 23.5. The first-order chi connectivity index (χ1) is 34.2. The van der Waals surface area contributed by atoms with E-state index in [4.69, 9.17) is 20.3 Å². The number of anilines is 2. The molecule has 2 atom stereocenters. The van der Waals surface area contributed by atoms with Gasteiger partial charge in [0.1, 0.15) is 12.1 Å². The van der Waals surface area contributed by atoms with Crippen LogP contribution in [0.5, 0.6) is 0 Å². The number of furan rings is 2. The van der Waals surface area contributed by atoms with Gasteiger partial charge in [0.05, 0.1) is 47.9 Å². The molecule has 2 fully saturated rings. The summed E-state index contributed by atoms with van der Waals surface area (Å²) < 4.78 is 17.1. The number of nitrogen functional groups attached to an aromatic ring is 2. The smallest absolute Gasteiger partial charge is 0.225 e. The zero-order valence-electron chi connectivity index (χ0n) is 38.0. The summed E-state index contributed by atoms with van der Waals surface area (Å²) in [4.78, 5) is 45.8. The van der Waals surface area contributed by atoms with Crippen LogP contribution in [0.2, 0.25) is 0 Å². The second kappa shape index (κ2) is 18.8. The monoisotopic (exact) mass is 942 g/mol. The number of rotatable bonds is 12. The van der Waals surface area contributed by atoms with Gasteiger partial charge in [-0.15, -0.1) is 10.2 Å². The third-order valence-corrected chi connectivity index (χ3v) is 13.5. The fourth-order valence-electron chi connectivity index (χ4n) is 9.94. The van der Waals surface area contributed by atoms with Crippen molar-refractivity contribution in [3.8, 4) is 23.2 Å². The van der Waals surface area contributed by atoms with E-state index in [0.717, 1.165) is 62.5 Å². The van der Waals surface area contributed by atoms with E-state index in [0.29, 0.717) is 69.4 Å². The highest BCUT2D eigenvalue weighted by Gasteiger charge is 2.33. The fourth-order valence-corrected chi connectivity index (χ4v) is 9.94. The summed E-state index contributed by atoms with van der Waals surface area (Å²) in [7, 11) is 0. The van der Waals surface area contributed by atoms with E-state index in [-0.39, 0.29) is 47.5 Å². The second-order valence-corrected chi connectivity index (χ2v) is 18.2. The molecule has 0 saturated heterocycles. The number of hydrogen-bond acceptors (Lipinski definition) is 16. The summed E-state index contributed by atoms with van der Waals surface area (Å²) in [6.07, 6.45) is 13.0. The molecule has 10 aromatic rings. The molecule has 0 radical (unpaired) electrons. The van der Waals surface area contributed by atoms with Gasteiger partial charge in [0.2, 0.25) is 23.5 Å². The Labute approximate surface area is 399 Å². The van der Waals surface area contributed by atoms with Crippen LogP contribution in [0, 0.1) is 11.8 Å². The van der Waals surface area contributed by atoms with Crippen LogP contribution in [-0.2, 0) is 9.59 Å². The molecular weight excluding hydrogens is 893 g/mol. The first kappa shape index (κ1) is 44.4. The average Bonchev–Trinajstić information content (AvgIpc) is 4.23. The van der Waals surface area contributed by atoms with Gasteiger partial charge in [-0.3, -0.25) is 9.59 Å². The van der Waals surface area contributed by atoms with Crippen LogP contribution >= 0.6 is 0 Å². The van der Waals surface area contributed by atoms with Crippen molar-refractivity contribution in [3.63, 3.8) is 0 Å². The van der Waals surface area contributed by atoms with Crippen molar-refractivity contribution < 1.29 is 28.6 Å². The third-order valence-electron chi connectivity index (χ3n) is 13.5. The van der Waals surface area contributed by atoms with Crippen molar-refractivity contribution in [2.24, 2.45) is 11.8 Å². The Hall–Kier alpha value is -8.10. The summed E-state index contributed by atoms with van der Waals surface area (Å²) >= 11 is 0. The number of aliphatic hydroxyl groups is 2. The topological polar surface area (TPSA) is 275 Å². The molecule has 0 aliphatic heterocycles. The van der Waals surface area contributed by atoms with Gasteiger partial charge in [-0.2, -0.15) is 29.2 Å². The molecule has 2 aromatic carbocycles. The lowest BCUT2D eigenvalue weighted by atomic mass is 9.82. The number of benzene rings is 2. The summed E-state index contributed by atoms with van der Waals surface area (Å²) in [6.45, 7) is 0. The van der Waals surface area contributed by atoms with E-state index >= 15 is 0 Å². The quantitative estimate of drug-likeness (QED) is 0.0976. The molecule has 2 aliphatic carbocycles. The largest absolute Gasteiger partial charge is 0.461 e. The maximum atomic E-state index is 13.7. The predicted octanol–water partition coefficient (Wildman–Crippen LogP) is 6.83. The highest BCUT2D eigenvalue weighted by atomic mass is 16.3. The minimum atomic E-state index is -0.651. The number of nitrogens with zero attached hydrogens (tertiary/aromatic N) is 12. The predicted molar refractivity (Wildman–Crippen MR) is 257 cm³/mol. The molecule has 0 bridgehead atoms. The van der Waals surface area contributed by atoms with Gasteiger partial charge in [0, 0.05) is 12.8 Å². The number of aromatic nitrogens is 12. The highest BCUT2D eigenvalue weighted by molar-refractivity contribution is 5.94. The van der Waals surface area contributed by atoms with Gasteiger partial charge >= 0.3 is 0 Å². The summed E-state index contributed by atoms with van der Waals surface area (Å²) in [5.41, 5.74) is 16.1. The van der Waals surface area contributed by atoms with E-state index in [1.54, 1.807) is 58.5 Å². The van der Waals surface area contributed by atoms with Crippen molar-refractivity contribution >= 4 is 56.8 Å². The van der Waals surface area contributed by atoms with Crippen LogP contribution < -0.4 is 11.5 Å². The Kier molecular flexibility index (Phi) is 11.9. The van der Waals surface area contributed by atoms with E-state index in [1.807, 2.05) is 60.7 Å². The molecule has 0 spiro atoms. The van der Waals surface area contributed by atoms with E-state index in [9.17, 15) is 19.8 Å². The zero-order chi connectivity index (χ0) is 47.9. The number of Topliss-reactive ketones (excluding diaryl/α,β-unsaturated/α-hetero) is 2. The molecule has 8 aromatic heterocycles. The number of hydrogen-bond donors (Lipinski definition) is 4. The Bertz CT molecular complexity index is 3190. The lowest BCUT2D eigenvalue weighted by molar-refractivity contribution is -0.123. The summed E-state index contributed by atoms with van der Waals surface area (Å²) in [5.74, 6) is 2.69. The Morgan fingerprint density at radius 3 is 1.31 bits per heavy atom. The highest BCUT2D eigenvalue weighted by Crippen LogP contribution is 2.35. The Morgan fingerprint density at radius 1 is 0.543 bits per heavy atom. The maximum Gasteiger partial charge on any atom is 0.225 e. The zero-order valence-corrected chi connectivity index (χ0v) is 38.0. The molecule has 2 saturated carbocycles. The molecule has 6 N–H and O–H groups in total. The normalized spacial score (nSPS) is 19.3. The van der Waals surface area contributed by atoms with Crippen LogP contribution in [0.4, 0.5) is 11.9 Å². The SMILES string of the molecule is Nc1nc2c(cnn2[C@@H](C(=O)CC2CCC(O)CC2)c2ccccc2)c2nc(-c3ccco3)nn12.Nc1nc2c(cnn2[C@H](C(=O)CC2CCC(O)CC2)c2ccccc2)c2nc(-c3ccco3)nn12. The minimum absolute atomic E-state index is 0.0561. The van der Waals surface area contributed by atoms with E-state index in [2.05, 4.69) is 40.3 Å². The standard InChI is InChI=1S/2C25H25N7O3/c2*26-25-29-24-18(23-28-22(30-32(23)25)20-7-4-12-35-20)14-27-31(24)21(16-5-2-1-3-6-16)19(34)13-15-8-10-17(33)11-9-15/h2*1-7,12,14-15,17,21,33H,8-11,13H2,(H2,26,29)/t2*15?,17?,21-/m10/s1. The number of fused-ring (bicyclic) bond motifs is 6. The molecule has 2 aliphatic rings. The molecule has 356 valence electrons. The number of nitrogens with two attached hydrogens (primary N) is 2. The molecule has 0 unspecified atom stereocenters. The second-order valence-electron chi connectivity index (χ2n) is 18.2.